The first-order valence-electron chi connectivity index (χ1n) is 17.2. The highest BCUT2D eigenvalue weighted by Gasteiger charge is 2.30. The van der Waals surface area contributed by atoms with E-state index in [0.29, 0.717) is 42.9 Å². The van der Waals surface area contributed by atoms with Gasteiger partial charge < -0.3 is 26.0 Å². The zero-order valence-electron chi connectivity index (χ0n) is 28.6. The number of hydrogen-bond acceptors (Lipinski definition) is 10. The molecule has 2 fully saturated rings. The van der Waals surface area contributed by atoms with Crippen LogP contribution in [0.4, 0.5) is 16.4 Å². The zero-order chi connectivity index (χ0) is 35.1. The van der Waals surface area contributed by atoms with Crippen molar-refractivity contribution < 1.29 is 19.1 Å². The third-order valence-electron chi connectivity index (χ3n) is 8.80. The Labute approximate surface area is 291 Å². The summed E-state index contributed by atoms with van der Waals surface area (Å²) in [5.74, 6) is 0.604. The molecule has 262 valence electrons. The van der Waals surface area contributed by atoms with Crippen molar-refractivity contribution in [1.29, 1.82) is 0 Å². The van der Waals surface area contributed by atoms with Crippen LogP contribution in [0.3, 0.4) is 0 Å². The molecule has 2 aromatic carbocycles. The van der Waals surface area contributed by atoms with E-state index in [1.165, 1.54) is 0 Å². The van der Waals surface area contributed by atoms with Crippen molar-refractivity contribution in [2.75, 3.05) is 17.2 Å². The molecular formula is C36H44N10O4. The minimum Gasteiger partial charge on any atom is -0.444 e. The first-order chi connectivity index (χ1) is 24.1. The number of carbonyl (C=O) groups excluding carboxylic acids is 3. The second-order valence-electron chi connectivity index (χ2n) is 14.1. The fourth-order valence-corrected chi connectivity index (χ4v) is 5.96. The Bertz CT molecular complexity index is 1740. The van der Waals surface area contributed by atoms with Gasteiger partial charge in [-0.3, -0.25) is 9.59 Å². The smallest absolute Gasteiger partial charge is 0.407 e. The Kier molecular flexibility index (Phi) is 10.6. The number of H-pyrrole nitrogens is 1. The van der Waals surface area contributed by atoms with Crippen LogP contribution in [0.5, 0.6) is 0 Å². The molecule has 0 radical (unpaired) electrons. The van der Waals surface area contributed by atoms with E-state index in [2.05, 4.69) is 51.9 Å². The van der Waals surface area contributed by atoms with Gasteiger partial charge in [-0.15, -0.1) is 10.2 Å². The molecular weight excluding hydrogens is 636 g/mol. The number of aromatic amines is 1. The van der Waals surface area contributed by atoms with Gasteiger partial charge in [-0.25, -0.2) is 14.8 Å². The average Bonchev–Trinajstić information content (AvgIpc) is 3.74. The van der Waals surface area contributed by atoms with Crippen molar-refractivity contribution >= 4 is 29.5 Å². The first kappa shape index (κ1) is 34.5. The van der Waals surface area contributed by atoms with Crippen molar-refractivity contribution in [1.82, 2.24) is 41.2 Å². The third-order valence-corrected chi connectivity index (χ3v) is 8.80. The Balaban J connectivity index is 1.11. The van der Waals surface area contributed by atoms with E-state index in [1.807, 2.05) is 45.0 Å². The lowest BCUT2D eigenvalue weighted by Crippen LogP contribution is -2.48. The van der Waals surface area contributed by atoms with Crippen LogP contribution >= 0.6 is 0 Å². The van der Waals surface area contributed by atoms with E-state index in [1.54, 1.807) is 36.7 Å². The minimum absolute atomic E-state index is 0.153. The highest BCUT2D eigenvalue weighted by atomic mass is 16.6. The summed E-state index contributed by atoms with van der Waals surface area (Å²) < 4.78 is 5.35. The molecule has 1 unspecified atom stereocenters. The van der Waals surface area contributed by atoms with Gasteiger partial charge in [0.2, 0.25) is 23.6 Å². The molecule has 2 aromatic heterocycles. The number of aromatic nitrogens is 6. The number of ether oxygens (including phenoxy) is 1. The summed E-state index contributed by atoms with van der Waals surface area (Å²) in [5, 5.41) is 26.2. The summed E-state index contributed by atoms with van der Waals surface area (Å²) in [6, 6.07) is 14.6. The summed E-state index contributed by atoms with van der Waals surface area (Å²) in [5.41, 5.74) is 3.42. The van der Waals surface area contributed by atoms with Crippen molar-refractivity contribution in [3.05, 3.63) is 66.5 Å². The number of alkyl carbamates (subject to hydrolysis) is 1. The van der Waals surface area contributed by atoms with E-state index < -0.39 is 17.7 Å². The second kappa shape index (κ2) is 15.4. The fraction of sp³-hybridized carbons (Fsp3) is 0.444. The molecule has 14 nitrogen and oxygen atoms in total. The lowest BCUT2D eigenvalue weighted by Gasteiger charge is -2.29. The largest absolute Gasteiger partial charge is 0.444 e. The molecule has 6 rings (SSSR count). The number of nitrogens with one attached hydrogen (secondary N) is 5. The number of amides is 3. The zero-order valence-corrected chi connectivity index (χ0v) is 28.6. The van der Waals surface area contributed by atoms with Crippen LogP contribution in [0.15, 0.2) is 60.9 Å². The first-order valence-corrected chi connectivity index (χ1v) is 17.2. The van der Waals surface area contributed by atoms with Crippen LogP contribution in [0.2, 0.25) is 0 Å². The van der Waals surface area contributed by atoms with Gasteiger partial charge in [-0.05, 0) is 106 Å². The van der Waals surface area contributed by atoms with Crippen LogP contribution in [0.1, 0.15) is 64.9 Å². The molecule has 0 spiro atoms. The van der Waals surface area contributed by atoms with Gasteiger partial charge >= 0.3 is 6.09 Å². The number of nitrogens with zero attached hydrogens (tertiary/aromatic N) is 5. The average molecular weight is 681 g/mol. The monoisotopic (exact) mass is 680 g/mol. The number of benzene rings is 2. The highest BCUT2D eigenvalue weighted by Crippen LogP contribution is 2.29. The Hall–Kier alpha value is -5.40. The second-order valence-corrected chi connectivity index (χ2v) is 14.1. The molecule has 0 saturated heterocycles. The molecule has 3 amide bonds. The summed E-state index contributed by atoms with van der Waals surface area (Å²) in [4.78, 5) is 48.5. The van der Waals surface area contributed by atoms with Crippen LogP contribution in [0, 0.1) is 11.8 Å². The lowest BCUT2D eigenvalue weighted by atomic mass is 9.81. The minimum atomic E-state index is -0.831. The van der Waals surface area contributed by atoms with Crippen LogP contribution in [-0.4, -0.2) is 72.7 Å². The maximum Gasteiger partial charge on any atom is 0.407 e. The SMILES string of the molecule is CC(C)(C)OC(=O)NCC1CCC(C(=O)NC(Cc2cccc(-c3cnc(NC4CC4)nc3)c2)C(=O)Nc2ccc(-c3nn[nH]n3)cc2)CC1. The summed E-state index contributed by atoms with van der Waals surface area (Å²) in [6.07, 6.45) is 8.61. The molecule has 50 heavy (non-hydrogen) atoms. The molecule has 14 heteroatoms. The van der Waals surface area contributed by atoms with E-state index in [9.17, 15) is 14.4 Å². The topological polar surface area (TPSA) is 189 Å². The summed E-state index contributed by atoms with van der Waals surface area (Å²) >= 11 is 0. The van der Waals surface area contributed by atoms with Gasteiger partial charge in [0.25, 0.3) is 0 Å². The van der Waals surface area contributed by atoms with Gasteiger partial charge in [-0.1, -0.05) is 24.3 Å². The number of tetrazole rings is 1. The normalized spacial score (nSPS) is 18.1. The number of carbonyl (C=O) groups is 3. The molecule has 1 atom stereocenters. The molecule has 2 saturated carbocycles. The van der Waals surface area contributed by atoms with Crippen molar-refractivity contribution in [3.63, 3.8) is 0 Å². The lowest BCUT2D eigenvalue weighted by molar-refractivity contribution is -0.130. The number of hydrogen-bond donors (Lipinski definition) is 5. The van der Waals surface area contributed by atoms with E-state index in [-0.39, 0.29) is 30.1 Å². The fourth-order valence-electron chi connectivity index (χ4n) is 5.96. The molecule has 0 bridgehead atoms. The van der Waals surface area contributed by atoms with E-state index in [4.69, 9.17) is 4.74 Å². The van der Waals surface area contributed by atoms with Gasteiger partial charge in [-0.2, -0.15) is 5.21 Å². The third kappa shape index (κ3) is 9.83. The predicted octanol–water partition coefficient (Wildman–Crippen LogP) is 4.90. The Morgan fingerprint density at radius 1 is 0.920 bits per heavy atom. The van der Waals surface area contributed by atoms with Gasteiger partial charge in [0, 0.05) is 54.1 Å². The number of rotatable bonds is 12. The molecule has 2 heterocycles. The summed E-state index contributed by atoms with van der Waals surface area (Å²) in [6.45, 7) is 5.99. The van der Waals surface area contributed by atoms with E-state index in [0.717, 1.165) is 47.9 Å². The van der Waals surface area contributed by atoms with Crippen molar-refractivity contribution in [2.45, 2.75) is 83.4 Å². The van der Waals surface area contributed by atoms with Gasteiger partial charge in [0.1, 0.15) is 11.6 Å². The Morgan fingerprint density at radius 3 is 2.32 bits per heavy atom. The number of anilines is 2. The van der Waals surface area contributed by atoms with Crippen molar-refractivity contribution in [2.24, 2.45) is 11.8 Å². The molecule has 5 N–H and O–H groups in total. The van der Waals surface area contributed by atoms with Crippen LogP contribution in [-0.2, 0) is 20.7 Å². The molecule has 4 aromatic rings. The van der Waals surface area contributed by atoms with Gasteiger partial charge in [0.05, 0.1) is 0 Å². The van der Waals surface area contributed by atoms with Crippen molar-refractivity contribution in [3.8, 4) is 22.5 Å². The predicted molar refractivity (Wildman–Crippen MR) is 188 cm³/mol. The van der Waals surface area contributed by atoms with Crippen LogP contribution in [0.25, 0.3) is 22.5 Å². The van der Waals surface area contributed by atoms with Crippen LogP contribution < -0.4 is 21.3 Å². The standard InChI is InChI=1S/C36H44N10O4/c1-36(2,3)50-35(49)39-19-22-7-9-25(10-8-22)32(47)42-30(33(48)40-28-13-11-24(12-14-28)31-43-45-46-44-31)18-23-5-4-6-26(17-23)27-20-37-34(38-21-27)41-29-15-16-29/h4-6,11-14,17,20-22,25,29-30H,7-10,15-16,18-19H2,1-3H3,(H,39,49)(H,40,48)(H,42,47)(H,37,38,41)(H,43,44,45,46). The van der Waals surface area contributed by atoms with E-state index >= 15 is 0 Å². The Morgan fingerprint density at radius 2 is 1.66 bits per heavy atom. The molecule has 2 aliphatic carbocycles. The maximum atomic E-state index is 13.8. The molecule has 0 aliphatic heterocycles. The van der Waals surface area contributed by atoms with Gasteiger partial charge in [0.15, 0.2) is 0 Å². The highest BCUT2D eigenvalue weighted by molar-refractivity contribution is 5.97. The summed E-state index contributed by atoms with van der Waals surface area (Å²) in [7, 11) is 0. The molecule has 2 aliphatic rings. The quantitative estimate of drug-likeness (QED) is 0.138. The maximum absolute atomic E-state index is 13.8.